The molecule has 0 spiro atoms. The molecule has 0 saturated carbocycles. The molecule has 1 aromatic carbocycles. The molecule has 0 aliphatic carbocycles. The standard InChI is InChI=1S/C26H31N3O3/c1-31-25-8-2-7-23-22(11-13-28-26(23)25)24(30)17-29-19-9-10-20(29)16-18(15-19)27-12-3-5-21-6-4-14-32-21/h2-8,11,13-14,18-20,24,27,30H,9-10,12,15-17H2,1H3. The highest BCUT2D eigenvalue weighted by atomic mass is 16.5. The normalized spacial score (nSPS) is 24.4. The maximum Gasteiger partial charge on any atom is 0.145 e. The molecule has 6 nitrogen and oxygen atoms in total. The van der Waals surface area contributed by atoms with Crippen LogP contribution in [0, 0.1) is 0 Å². The summed E-state index contributed by atoms with van der Waals surface area (Å²) in [5, 5.41) is 15.8. The van der Waals surface area contributed by atoms with E-state index in [4.69, 9.17) is 9.15 Å². The molecule has 0 radical (unpaired) electrons. The molecule has 3 atom stereocenters. The molecule has 5 rings (SSSR count). The fraction of sp³-hybridized carbons (Fsp3) is 0.423. The molecule has 2 bridgehead atoms. The van der Waals surface area contributed by atoms with E-state index < -0.39 is 6.10 Å². The lowest BCUT2D eigenvalue weighted by Gasteiger charge is -2.40. The maximum absolute atomic E-state index is 11.2. The van der Waals surface area contributed by atoms with Crippen LogP contribution in [0.1, 0.15) is 43.1 Å². The lowest BCUT2D eigenvalue weighted by Crippen LogP contribution is -2.50. The van der Waals surface area contributed by atoms with Gasteiger partial charge in [0.15, 0.2) is 0 Å². The maximum atomic E-state index is 11.2. The Labute approximate surface area is 188 Å². The number of piperidine rings is 1. The van der Waals surface area contributed by atoms with Crippen LogP contribution >= 0.6 is 0 Å². The third-order valence-corrected chi connectivity index (χ3v) is 6.96. The number of hydrogen-bond donors (Lipinski definition) is 2. The number of aliphatic hydroxyl groups is 1. The first-order chi connectivity index (χ1) is 15.7. The molecule has 0 amide bonds. The minimum absolute atomic E-state index is 0.521. The van der Waals surface area contributed by atoms with E-state index in [1.54, 1.807) is 19.6 Å². The Bertz CT molecular complexity index is 1050. The first-order valence-electron chi connectivity index (χ1n) is 11.5. The number of hydrogen-bond acceptors (Lipinski definition) is 6. The van der Waals surface area contributed by atoms with Crippen molar-refractivity contribution in [3.8, 4) is 5.75 Å². The Morgan fingerprint density at radius 2 is 2.06 bits per heavy atom. The average Bonchev–Trinajstić information content (AvgIpc) is 3.41. The van der Waals surface area contributed by atoms with E-state index in [9.17, 15) is 5.11 Å². The number of methoxy groups -OCH3 is 1. The summed E-state index contributed by atoms with van der Waals surface area (Å²) in [5.74, 6) is 1.63. The molecule has 4 heterocycles. The van der Waals surface area contributed by atoms with Crippen LogP contribution < -0.4 is 10.1 Å². The van der Waals surface area contributed by atoms with Crippen LogP contribution in [-0.2, 0) is 0 Å². The summed E-state index contributed by atoms with van der Waals surface area (Å²) in [4.78, 5) is 7.01. The van der Waals surface area contributed by atoms with Gasteiger partial charge in [-0.3, -0.25) is 9.88 Å². The van der Waals surface area contributed by atoms with E-state index in [1.807, 2.05) is 42.5 Å². The van der Waals surface area contributed by atoms with E-state index in [0.717, 1.165) is 47.4 Å². The van der Waals surface area contributed by atoms with Gasteiger partial charge in [0.25, 0.3) is 0 Å². The molecule has 32 heavy (non-hydrogen) atoms. The first-order valence-corrected chi connectivity index (χ1v) is 11.5. The van der Waals surface area contributed by atoms with Crippen LogP contribution in [0.2, 0.25) is 0 Å². The van der Waals surface area contributed by atoms with E-state index in [0.29, 0.717) is 24.7 Å². The molecular formula is C26H31N3O3. The molecule has 2 aliphatic heterocycles. The predicted octanol–water partition coefficient (Wildman–Crippen LogP) is 4.17. The Hall–Kier alpha value is -2.67. The van der Waals surface area contributed by atoms with Crippen LogP contribution in [-0.4, -0.2) is 53.3 Å². The van der Waals surface area contributed by atoms with Gasteiger partial charge in [-0.05, 0) is 61.6 Å². The lowest BCUT2D eigenvalue weighted by molar-refractivity contribution is 0.0529. The Morgan fingerprint density at radius 1 is 1.22 bits per heavy atom. The minimum atomic E-state index is -0.545. The number of rotatable bonds is 8. The Balaban J connectivity index is 1.21. The molecule has 2 saturated heterocycles. The zero-order valence-corrected chi connectivity index (χ0v) is 18.5. The van der Waals surface area contributed by atoms with Crippen molar-refractivity contribution in [2.75, 3.05) is 20.2 Å². The molecular weight excluding hydrogens is 402 g/mol. The molecule has 2 aliphatic rings. The average molecular weight is 434 g/mol. The van der Waals surface area contributed by atoms with Crippen molar-refractivity contribution < 1.29 is 14.3 Å². The highest BCUT2D eigenvalue weighted by Gasteiger charge is 2.41. The van der Waals surface area contributed by atoms with Crippen LogP contribution in [0.3, 0.4) is 0 Å². The number of aliphatic hydroxyl groups excluding tert-OH is 1. The number of pyridine rings is 1. The number of nitrogens with one attached hydrogen (secondary N) is 1. The van der Waals surface area contributed by atoms with Gasteiger partial charge in [0, 0.05) is 42.8 Å². The van der Waals surface area contributed by atoms with Crippen molar-refractivity contribution in [1.29, 1.82) is 0 Å². The van der Waals surface area contributed by atoms with Gasteiger partial charge in [-0.25, -0.2) is 0 Å². The fourth-order valence-electron chi connectivity index (χ4n) is 5.46. The second kappa shape index (κ2) is 9.45. The predicted molar refractivity (Wildman–Crippen MR) is 126 cm³/mol. The molecule has 3 aromatic rings. The number of para-hydroxylation sites is 1. The van der Waals surface area contributed by atoms with E-state index >= 15 is 0 Å². The monoisotopic (exact) mass is 433 g/mol. The van der Waals surface area contributed by atoms with Crippen molar-refractivity contribution in [3.63, 3.8) is 0 Å². The van der Waals surface area contributed by atoms with E-state index in [1.165, 1.54) is 12.8 Å². The van der Waals surface area contributed by atoms with Gasteiger partial charge in [0.05, 0.1) is 19.5 Å². The van der Waals surface area contributed by atoms with E-state index in [2.05, 4.69) is 21.3 Å². The summed E-state index contributed by atoms with van der Waals surface area (Å²) in [7, 11) is 1.65. The van der Waals surface area contributed by atoms with Gasteiger partial charge in [0.2, 0.25) is 0 Å². The molecule has 6 heteroatoms. The first kappa shape index (κ1) is 21.2. The van der Waals surface area contributed by atoms with Gasteiger partial charge in [-0.2, -0.15) is 0 Å². The van der Waals surface area contributed by atoms with Crippen LogP contribution in [0.5, 0.6) is 5.75 Å². The summed E-state index contributed by atoms with van der Waals surface area (Å²) in [6, 6.07) is 13.3. The lowest BCUT2D eigenvalue weighted by atomic mass is 9.95. The summed E-state index contributed by atoms with van der Waals surface area (Å²) in [6.07, 6.45) is 11.7. The number of furan rings is 1. The van der Waals surface area contributed by atoms with Crippen molar-refractivity contribution >= 4 is 17.0 Å². The van der Waals surface area contributed by atoms with Crippen LogP contribution in [0.15, 0.2) is 59.4 Å². The summed E-state index contributed by atoms with van der Waals surface area (Å²) in [5.41, 5.74) is 1.73. The summed E-state index contributed by atoms with van der Waals surface area (Å²) < 4.78 is 10.8. The van der Waals surface area contributed by atoms with Crippen LogP contribution in [0.25, 0.3) is 17.0 Å². The van der Waals surface area contributed by atoms with Gasteiger partial charge < -0.3 is 19.6 Å². The fourth-order valence-corrected chi connectivity index (χ4v) is 5.46. The molecule has 2 fully saturated rings. The number of fused-ring (bicyclic) bond motifs is 3. The topological polar surface area (TPSA) is 70.8 Å². The zero-order chi connectivity index (χ0) is 21.9. The number of aromatic nitrogens is 1. The van der Waals surface area contributed by atoms with Gasteiger partial charge >= 0.3 is 0 Å². The largest absolute Gasteiger partial charge is 0.494 e. The zero-order valence-electron chi connectivity index (χ0n) is 18.5. The van der Waals surface area contributed by atoms with E-state index in [-0.39, 0.29) is 0 Å². The second-order valence-electron chi connectivity index (χ2n) is 8.85. The Kier molecular flexibility index (Phi) is 6.26. The summed E-state index contributed by atoms with van der Waals surface area (Å²) in [6.45, 7) is 1.51. The van der Waals surface area contributed by atoms with Gasteiger partial charge in [0.1, 0.15) is 17.0 Å². The number of benzene rings is 1. The van der Waals surface area contributed by atoms with Gasteiger partial charge in [-0.1, -0.05) is 18.2 Å². The SMILES string of the molecule is COc1cccc2c(C(O)CN3C4CCC3CC(NCC=Cc3ccco3)C4)ccnc12. The smallest absolute Gasteiger partial charge is 0.145 e. The minimum Gasteiger partial charge on any atom is -0.494 e. The van der Waals surface area contributed by atoms with Gasteiger partial charge in [-0.15, -0.1) is 0 Å². The third kappa shape index (κ3) is 4.31. The van der Waals surface area contributed by atoms with Crippen molar-refractivity contribution in [2.45, 2.75) is 49.9 Å². The highest BCUT2D eigenvalue weighted by Crippen LogP contribution is 2.38. The Morgan fingerprint density at radius 3 is 2.81 bits per heavy atom. The number of ether oxygens (including phenoxy) is 1. The van der Waals surface area contributed by atoms with Crippen LogP contribution in [0.4, 0.5) is 0 Å². The van der Waals surface area contributed by atoms with Crippen molar-refractivity contribution in [1.82, 2.24) is 15.2 Å². The van der Waals surface area contributed by atoms with Crippen molar-refractivity contribution in [3.05, 3.63) is 66.3 Å². The molecule has 2 aromatic heterocycles. The summed E-state index contributed by atoms with van der Waals surface area (Å²) >= 11 is 0. The molecule has 168 valence electrons. The quantitative estimate of drug-likeness (QED) is 0.556. The van der Waals surface area contributed by atoms with Crippen molar-refractivity contribution in [2.24, 2.45) is 0 Å². The highest BCUT2D eigenvalue weighted by molar-refractivity contribution is 5.87. The second-order valence-corrected chi connectivity index (χ2v) is 8.85. The molecule has 2 N–H and O–H groups in total. The molecule has 3 unspecified atom stereocenters. The number of nitrogens with zero attached hydrogens (tertiary/aromatic N) is 2. The third-order valence-electron chi connectivity index (χ3n) is 6.96.